The van der Waals surface area contributed by atoms with Crippen LogP contribution in [0, 0.1) is 11.6 Å². The van der Waals surface area contributed by atoms with Crippen molar-refractivity contribution in [1.82, 2.24) is 0 Å². The average molecular weight is 383 g/mol. The number of hydrogen-bond donors (Lipinski definition) is 1. The van der Waals surface area contributed by atoms with Gasteiger partial charge in [-0.05, 0) is 24.3 Å². The van der Waals surface area contributed by atoms with Gasteiger partial charge in [-0.3, -0.25) is 13.4 Å². The number of carbonyl (C=O) groups is 1. The van der Waals surface area contributed by atoms with E-state index in [1.807, 2.05) is 0 Å². The number of benzene rings is 2. The molecule has 2 aromatic rings. The maximum absolute atomic E-state index is 14.3. The van der Waals surface area contributed by atoms with Gasteiger partial charge < -0.3 is 10.1 Å². The second-order valence-electron chi connectivity index (χ2n) is 5.57. The number of methoxy groups -OCH3 is 1. The van der Waals surface area contributed by atoms with Gasteiger partial charge in [0.25, 0.3) is 5.91 Å². The first kappa shape index (κ1) is 17.9. The van der Waals surface area contributed by atoms with E-state index in [1.165, 1.54) is 39.4 Å². The first-order valence-electron chi connectivity index (χ1n) is 7.38. The molecule has 0 bridgehead atoms. The van der Waals surface area contributed by atoms with Crippen LogP contribution in [0.3, 0.4) is 0 Å². The molecular formula is C16H15F2N3O4S. The minimum absolute atomic E-state index is 0.0277. The molecule has 3 rings (SSSR count). The van der Waals surface area contributed by atoms with Gasteiger partial charge in [0.2, 0.25) is 0 Å². The predicted molar refractivity (Wildman–Crippen MR) is 93.0 cm³/mol. The van der Waals surface area contributed by atoms with Crippen LogP contribution in [0.1, 0.15) is 10.4 Å². The van der Waals surface area contributed by atoms with Crippen molar-refractivity contribution >= 4 is 33.2 Å². The number of hydrogen-bond acceptors (Lipinski definition) is 4. The van der Waals surface area contributed by atoms with Gasteiger partial charge in [0, 0.05) is 25.7 Å². The van der Waals surface area contributed by atoms with Gasteiger partial charge in [-0.1, -0.05) is 0 Å². The van der Waals surface area contributed by atoms with Crippen LogP contribution in [-0.4, -0.2) is 35.5 Å². The van der Waals surface area contributed by atoms with Crippen molar-refractivity contribution in [2.24, 2.45) is 0 Å². The number of rotatable bonds is 3. The minimum Gasteiger partial charge on any atom is -0.494 e. The Labute approximate surface area is 149 Å². The molecule has 1 N–H and O–H groups in total. The van der Waals surface area contributed by atoms with E-state index < -0.39 is 27.8 Å². The van der Waals surface area contributed by atoms with Crippen molar-refractivity contribution in [1.29, 1.82) is 0 Å². The van der Waals surface area contributed by atoms with Gasteiger partial charge in [0.1, 0.15) is 5.82 Å². The summed E-state index contributed by atoms with van der Waals surface area (Å²) in [5, 5.41) is 2.32. The fraction of sp³-hybridized carbons (Fsp3) is 0.188. The quantitative estimate of drug-likeness (QED) is 0.883. The molecular weight excluding hydrogens is 368 g/mol. The van der Waals surface area contributed by atoms with Gasteiger partial charge >= 0.3 is 10.2 Å². The number of halogens is 2. The van der Waals surface area contributed by atoms with E-state index in [0.29, 0.717) is 0 Å². The maximum Gasteiger partial charge on any atom is 0.326 e. The lowest BCUT2D eigenvalue weighted by molar-refractivity contribution is 0.102. The Balaban J connectivity index is 1.94. The van der Waals surface area contributed by atoms with E-state index >= 15 is 0 Å². The highest BCUT2D eigenvalue weighted by Crippen LogP contribution is 2.41. The van der Waals surface area contributed by atoms with E-state index in [2.05, 4.69) is 5.32 Å². The minimum atomic E-state index is -3.77. The van der Waals surface area contributed by atoms with Gasteiger partial charge in [-0.25, -0.2) is 8.78 Å². The monoisotopic (exact) mass is 383 g/mol. The number of anilines is 3. The lowest BCUT2D eigenvalue weighted by Crippen LogP contribution is -2.32. The predicted octanol–water partition coefficient (Wildman–Crippen LogP) is 2.36. The number of ether oxygens (including phenoxy) is 1. The highest BCUT2D eigenvalue weighted by atomic mass is 32.2. The molecule has 1 amide bonds. The lowest BCUT2D eigenvalue weighted by atomic mass is 10.1. The van der Waals surface area contributed by atoms with Crippen LogP contribution in [0.15, 0.2) is 30.3 Å². The van der Waals surface area contributed by atoms with Crippen LogP contribution in [0.2, 0.25) is 0 Å². The smallest absolute Gasteiger partial charge is 0.326 e. The third kappa shape index (κ3) is 2.71. The van der Waals surface area contributed by atoms with Crippen molar-refractivity contribution in [3.63, 3.8) is 0 Å². The van der Waals surface area contributed by atoms with Crippen molar-refractivity contribution in [3.8, 4) is 5.75 Å². The molecule has 0 fully saturated rings. The van der Waals surface area contributed by atoms with E-state index in [0.717, 1.165) is 20.7 Å². The average Bonchev–Trinajstić information content (AvgIpc) is 2.76. The fourth-order valence-electron chi connectivity index (χ4n) is 2.59. The second-order valence-corrected chi connectivity index (χ2v) is 7.56. The van der Waals surface area contributed by atoms with Crippen LogP contribution in [0.4, 0.5) is 25.8 Å². The number of amides is 1. The summed E-state index contributed by atoms with van der Waals surface area (Å²) in [4.78, 5) is 12.3. The Morgan fingerprint density at radius 3 is 2.23 bits per heavy atom. The van der Waals surface area contributed by atoms with Crippen molar-refractivity contribution in [2.75, 3.05) is 35.1 Å². The Morgan fingerprint density at radius 2 is 1.65 bits per heavy atom. The number of nitrogens with zero attached hydrogens (tertiary/aromatic N) is 2. The summed E-state index contributed by atoms with van der Waals surface area (Å²) in [6, 6.07) is 5.79. The topological polar surface area (TPSA) is 79.0 Å². The largest absolute Gasteiger partial charge is 0.494 e. The second kappa shape index (κ2) is 6.13. The zero-order valence-corrected chi connectivity index (χ0v) is 14.9. The maximum atomic E-state index is 14.3. The van der Waals surface area contributed by atoms with Gasteiger partial charge in [0.05, 0.1) is 24.2 Å². The van der Waals surface area contributed by atoms with Crippen LogP contribution in [0.25, 0.3) is 0 Å². The zero-order chi connectivity index (χ0) is 19.2. The van der Waals surface area contributed by atoms with Crippen LogP contribution in [-0.2, 0) is 10.2 Å². The number of nitrogens with one attached hydrogen (secondary N) is 1. The van der Waals surface area contributed by atoms with Gasteiger partial charge in [-0.2, -0.15) is 8.42 Å². The third-order valence-corrected chi connectivity index (χ3v) is 5.87. The Hall–Kier alpha value is -2.88. The van der Waals surface area contributed by atoms with E-state index in [1.54, 1.807) is 0 Å². The van der Waals surface area contributed by atoms with Crippen LogP contribution >= 0.6 is 0 Å². The normalized spacial score (nSPS) is 15.0. The zero-order valence-electron chi connectivity index (χ0n) is 14.1. The SMILES string of the molecule is COc1ccc(C(=O)Nc2cc3c(cc2F)N(C)S(=O)(=O)N3C)cc1F. The first-order valence-corrected chi connectivity index (χ1v) is 8.77. The molecule has 138 valence electrons. The molecule has 1 aliphatic rings. The van der Waals surface area contributed by atoms with E-state index in [-0.39, 0.29) is 28.4 Å². The summed E-state index contributed by atoms with van der Waals surface area (Å²) in [6.07, 6.45) is 0. The molecule has 0 saturated heterocycles. The summed E-state index contributed by atoms with van der Waals surface area (Å²) in [7, 11) is 0.145. The molecule has 0 unspecified atom stereocenters. The highest BCUT2D eigenvalue weighted by Gasteiger charge is 2.36. The lowest BCUT2D eigenvalue weighted by Gasteiger charge is -2.13. The standard InChI is InChI=1S/C16H15F2N3O4S/c1-20-13-7-10(17)12(8-14(13)21(2)26(20,23)24)19-16(22)9-4-5-15(25-3)11(18)6-9/h4-8H,1-3H3,(H,19,22). The van der Waals surface area contributed by atoms with Gasteiger partial charge in [-0.15, -0.1) is 0 Å². The molecule has 0 aliphatic carbocycles. The Morgan fingerprint density at radius 1 is 1.04 bits per heavy atom. The molecule has 0 spiro atoms. The van der Waals surface area contributed by atoms with Crippen molar-refractivity contribution < 1.29 is 26.7 Å². The summed E-state index contributed by atoms with van der Waals surface area (Å²) >= 11 is 0. The molecule has 0 aromatic heterocycles. The molecule has 0 radical (unpaired) electrons. The molecule has 0 saturated carbocycles. The third-order valence-electron chi connectivity index (χ3n) is 4.10. The van der Waals surface area contributed by atoms with Crippen LogP contribution in [0.5, 0.6) is 5.75 Å². The summed E-state index contributed by atoms with van der Waals surface area (Å²) in [5.74, 6) is -2.33. The fourth-order valence-corrected chi connectivity index (χ4v) is 3.74. The number of fused-ring (bicyclic) bond motifs is 1. The molecule has 1 heterocycles. The van der Waals surface area contributed by atoms with E-state index in [4.69, 9.17) is 4.74 Å². The summed E-state index contributed by atoms with van der Waals surface area (Å²) in [6.45, 7) is 0. The molecule has 1 aliphatic heterocycles. The van der Waals surface area contributed by atoms with Crippen molar-refractivity contribution in [3.05, 3.63) is 47.5 Å². The summed E-state index contributed by atoms with van der Waals surface area (Å²) in [5.41, 5.74) is 0.104. The van der Waals surface area contributed by atoms with E-state index in [9.17, 15) is 22.0 Å². The molecule has 2 aromatic carbocycles. The molecule has 10 heteroatoms. The molecule has 0 atom stereocenters. The van der Waals surface area contributed by atoms with Crippen molar-refractivity contribution in [2.45, 2.75) is 0 Å². The number of carbonyl (C=O) groups excluding carboxylic acids is 1. The Kier molecular flexibility index (Phi) is 4.23. The molecule has 26 heavy (non-hydrogen) atoms. The molecule has 7 nitrogen and oxygen atoms in total. The first-order chi connectivity index (χ1) is 12.2. The van der Waals surface area contributed by atoms with Crippen LogP contribution < -0.4 is 18.7 Å². The highest BCUT2D eigenvalue weighted by molar-refractivity contribution is 7.94. The summed E-state index contributed by atoms with van der Waals surface area (Å²) < 4.78 is 58.9. The van der Waals surface area contributed by atoms with Gasteiger partial charge in [0.15, 0.2) is 11.6 Å². The Bertz CT molecular complexity index is 1010.